The molecule has 0 unspecified atom stereocenters. The van der Waals surface area contributed by atoms with Crippen LogP contribution in [-0.2, 0) is 9.53 Å². The lowest BCUT2D eigenvalue weighted by atomic mass is 10.6. The molecule has 0 radical (unpaired) electrons. The zero-order valence-electron chi connectivity index (χ0n) is 8.07. The summed E-state index contributed by atoms with van der Waals surface area (Å²) in [5.41, 5.74) is 3.86. The number of hydrogen-bond donors (Lipinski definition) is 2. The van der Waals surface area contributed by atoms with E-state index in [1.807, 2.05) is 0 Å². The maximum atomic E-state index is 11.4. The summed E-state index contributed by atoms with van der Waals surface area (Å²) >= 11 is 1.13. The van der Waals surface area contributed by atoms with Gasteiger partial charge in [-0.15, -0.1) is 11.8 Å². The first-order valence-electron chi connectivity index (χ1n) is 4.42. The van der Waals surface area contributed by atoms with Gasteiger partial charge in [0.2, 0.25) is 5.44 Å². The highest BCUT2D eigenvalue weighted by Crippen LogP contribution is 2.30. The number of anilines is 1. The van der Waals surface area contributed by atoms with E-state index in [4.69, 9.17) is 15.6 Å². The summed E-state index contributed by atoms with van der Waals surface area (Å²) in [6, 6.07) is 1.46. The highest BCUT2D eigenvalue weighted by molar-refractivity contribution is 8.00. The lowest BCUT2D eigenvalue weighted by molar-refractivity contribution is -0.147. The highest BCUT2D eigenvalue weighted by atomic mass is 32.2. The van der Waals surface area contributed by atoms with Gasteiger partial charge in [0.05, 0.1) is 0 Å². The largest absolute Gasteiger partial charge is 0.479 e. The molecule has 0 spiro atoms. The Balaban J connectivity index is 2.21. The fourth-order valence-electron chi connectivity index (χ4n) is 1.31. The van der Waals surface area contributed by atoms with E-state index in [-0.39, 0.29) is 5.82 Å². The van der Waals surface area contributed by atoms with Crippen LogP contribution in [-0.4, -0.2) is 31.8 Å². The summed E-state index contributed by atoms with van der Waals surface area (Å²) in [6.45, 7) is 0. The maximum Gasteiger partial charge on any atom is 0.351 e. The Morgan fingerprint density at radius 3 is 3.06 bits per heavy atom. The second kappa shape index (κ2) is 4.14. The van der Waals surface area contributed by atoms with Crippen LogP contribution in [0, 0.1) is 0 Å². The first-order chi connectivity index (χ1) is 7.58. The van der Waals surface area contributed by atoms with Gasteiger partial charge in [0.1, 0.15) is 12.0 Å². The molecule has 0 saturated carbocycles. The molecular formula is C8H9N3O4S. The van der Waals surface area contributed by atoms with Crippen LogP contribution in [0.3, 0.4) is 0 Å². The van der Waals surface area contributed by atoms with Crippen molar-refractivity contribution in [2.75, 3.05) is 11.5 Å². The van der Waals surface area contributed by atoms with Gasteiger partial charge in [0.25, 0.3) is 0 Å². The number of ether oxygens (including phenoxy) is 1. The van der Waals surface area contributed by atoms with E-state index in [0.29, 0.717) is 5.75 Å². The molecule has 0 bridgehead atoms. The first-order valence-corrected chi connectivity index (χ1v) is 5.47. The molecule has 1 saturated heterocycles. The van der Waals surface area contributed by atoms with Crippen molar-refractivity contribution in [1.82, 2.24) is 9.55 Å². The molecule has 8 heteroatoms. The third-order valence-electron chi connectivity index (χ3n) is 2.03. The van der Waals surface area contributed by atoms with E-state index < -0.39 is 23.3 Å². The molecule has 1 aromatic heterocycles. The predicted molar refractivity (Wildman–Crippen MR) is 56.9 cm³/mol. The van der Waals surface area contributed by atoms with E-state index in [0.717, 1.165) is 11.8 Å². The maximum absolute atomic E-state index is 11.4. The van der Waals surface area contributed by atoms with E-state index in [1.165, 1.54) is 16.8 Å². The summed E-state index contributed by atoms with van der Waals surface area (Å²) in [7, 11) is 0. The fourth-order valence-corrected chi connectivity index (χ4v) is 2.24. The number of hydrogen-bond acceptors (Lipinski definition) is 6. The van der Waals surface area contributed by atoms with Crippen LogP contribution >= 0.6 is 11.8 Å². The first kappa shape index (κ1) is 11.0. The summed E-state index contributed by atoms with van der Waals surface area (Å²) in [4.78, 5) is 25.6. The van der Waals surface area contributed by atoms with Gasteiger partial charge in [0, 0.05) is 11.9 Å². The van der Waals surface area contributed by atoms with Gasteiger partial charge < -0.3 is 15.6 Å². The zero-order valence-corrected chi connectivity index (χ0v) is 8.88. The molecule has 86 valence electrons. The van der Waals surface area contributed by atoms with Crippen molar-refractivity contribution in [1.29, 1.82) is 0 Å². The lowest BCUT2D eigenvalue weighted by Gasteiger charge is -2.12. The molecule has 1 aromatic rings. The SMILES string of the molecule is Nc1cc[15n]([C@H]2CS[C@@H](C(=O)O)O2)[13c](=O)[15n]1. The molecule has 1 aliphatic heterocycles. The predicted octanol–water partition coefficient (Wildman–Crippen LogP) is -0.502. The molecule has 2 atom stereocenters. The number of carbonyl (C=O) groups is 1. The Labute approximate surface area is 94.2 Å². The minimum Gasteiger partial charge on any atom is -0.479 e. The summed E-state index contributed by atoms with van der Waals surface area (Å²) in [5.74, 6) is -0.534. The van der Waals surface area contributed by atoms with Gasteiger partial charge >= 0.3 is 11.7 Å². The van der Waals surface area contributed by atoms with Gasteiger partial charge in [-0.25, -0.2) is 9.59 Å². The molecule has 0 aromatic carbocycles. The molecule has 2 rings (SSSR count). The minimum atomic E-state index is -1.05. The van der Waals surface area contributed by atoms with Crippen LogP contribution in [0.15, 0.2) is 17.1 Å². The smallest absolute Gasteiger partial charge is 0.351 e. The van der Waals surface area contributed by atoms with Crippen molar-refractivity contribution in [3.63, 3.8) is 0 Å². The molecule has 3 N–H and O–H groups in total. The standard InChI is InChI=1S/C8H9N3O4S/c9-4-1-2-11(8(14)10-4)5-3-16-7(15-5)6(12)13/h1-2,5,7H,3H2,(H,12,13)(H2,9,10,14)/t5-,7+/m1/s1/i8+1,10+1,11+1. The summed E-state index contributed by atoms with van der Waals surface area (Å²) in [6.07, 6.45) is 0.840. The van der Waals surface area contributed by atoms with Crippen molar-refractivity contribution in [2.24, 2.45) is 0 Å². The third-order valence-corrected chi connectivity index (χ3v) is 3.13. The van der Waals surface area contributed by atoms with Crippen molar-refractivity contribution in [3.05, 3.63) is 22.7 Å². The van der Waals surface area contributed by atoms with Crippen LogP contribution in [0.5, 0.6) is 0 Å². The molecule has 0 aliphatic carbocycles. The Morgan fingerprint density at radius 1 is 1.75 bits per heavy atom. The topological polar surface area (TPSA) is 107 Å². The van der Waals surface area contributed by atoms with E-state index in [2.05, 4.69) is 4.98 Å². The number of nitrogens with zero attached hydrogens (tertiary/aromatic N) is 2. The number of rotatable bonds is 2. The van der Waals surface area contributed by atoms with Crippen molar-refractivity contribution >= 4 is 23.5 Å². The third kappa shape index (κ3) is 2.02. The van der Waals surface area contributed by atoms with Gasteiger partial charge in [-0.05, 0) is 6.07 Å². The Hall–Kier alpha value is -1.54. The number of nitrogens with two attached hydrogens (primary N) is 1. The summed E-state index contributed by atoms with van der Waals surface area (Å²) < 4.78 is 6.40. The van der Waals surface area contributed by atoms with Crippen LogP contribution in [0.2, 0.25) is 0 Å². The van der Waals surface area contributed by atoms with Crippen molar-refractivity contribution in [3.8, 4) is 0 Å². The van der Waals surface area contributed by atoms with Gasteiger partial charge in [0.15, 0.2) is 0 Å². The van der Waals surface area contributed by atoms with Gasteiger partial charge in [-0.3, -0.25) is 4.57 Å². The van der Waals surface area contributed by atoms with Gasteiger partial charge in [-0.2, -0.15) is 4.98 Å². The van der Waals surface area contributed by atoms with Crippen LogP contribution in [0.4, 0.5) is 5.82 Å². The lowest BCUT2D eigenvalue weighted by Crippen LogP contribution is -2.29. The highest BCUT2D eigenvalue weighted by Gasteiger charge is 2.32. The number of carboxylic acids is 1. The molecule has 0 amide bonds. The average Bonchev–Trinajstić information content (AvgIpc) is 2.66. The Morgan fingerprint density at radius 2 is 2.50 bits per heavy atom. The zero-order chi connectivity index (χ0) is 11.7. The molecule has 1 fully saturated rings. The second-order valence-corrected chi connectivity index (χ2v) is 4.23. The monoisotopic (exact) mass is 246 g/mol. The quantitative estimate of drug-likeness (QED) is 0.724. The second-order valence-electron chi connectivity index (χ2n) is 3.14. The number of aromatic nitrogens is 2. The van der Waals surface area contributed by atoms with Crippen LogP contribution < -0.4 is 11.4 Å². The number of nitrogen functional groups attached to an aromatic ring is 1. The molecule has 1 aliphatic rings. The van der Waals surface area contributed by atoms with Crippen molar-refractivity contribution in [2.45, 2.75) is 11.7 Å². The van der Waals surface area contributed by atoms with E-state index in [9.17, 15) is 9.59 Å². The fraction of sp³-hybridized carbons (Fsp3) is 0.375. The Kier molecular flexibility index (Phi) is 2.84. The van der Waals surface area contributed by atoms with E-state index >= 15 is 0 Å². The van der Waals surface area contributed by atoms with E-state index in [1.54, 1.807) is 0 Å². The minimum absolute atomic E-state index is 0.127. The van der Waals surface area contributed by atoms with Crippen LogP contribution in [0.25, 0.3) is 0 Å². The molecular weight excluding hydrogens is 237 g/mol. The van der Waals surface area contributed by atoms with Crippen LogP contribution in [0.1, 0.15) is 6.23 Å². The average molecular weight is 246 g/mol. The number of aliphatic carboxylic acids is 1. The number of carboxylic acid groups (broad SMARTS) is 1. The number of thioether (sulfide) groups is 1. The normalized spacial score (nSPS) is 24.5. The Bertz CT molecular complexity index is 475. The summed E-state index contributed by atoms with van der Waals surface area (Å²) in [5, 5.41) is 8.72. The molecule has 16 heavy (non-hydrogen) atoms. The molecule has 2 heterocycles. The van der Waals surface area contributed by atoms with Crippen molar-refractivity contribution < 1.29 is 14.6 Å². The molecule has 7 nitrogen and oxygen atoms in total. The van der Waals surface area contributed by atoms with Gasteiger partial charge in [-0.1, -0.05) is 0 Å².